The number of nitrogens with one attached hydrogen (secondary N) is 1. The molecule has 2 aliphatic rings. The molecule has 1 atom stereocenters. The molecule has 0 radical (unpaired) electrons. The third kappa shape index (κ3) is 5.12. The molecule has 0 aromatic heterocycles. The van der Waals surface area contributed by atoms with E-state index >= 15 is 0 Å². The van der Waals surface area contributed by atoms with Gasteiger partial charge in [0.15, 0.2) is 0 Å². The average Bonchev–Trinajstić information content (AvgIpc) is 3.05. The Morgan fingerprint density at radius 2 is 1.71 bits per heavy atom. The summed E-state index contributed by atoms with van der Waals surface area (Å²) in [5.74, 6) is 1.54. The van der Waals surface area contributed by atoms with Crippen LogP contribution in [-0.4, -0.2) is 67.0 Å². The second-order valence-corrected chi connectivity index (χ2v) is 9.57. The SMILES string of the molecule is CC(C)(C)C(=O)C[N+]1=C(Cc2ccccc2)[NH+](CCN2CCOCC2)c2ccccc21. The number of morpholine rings is 1. The first-order valence-electron chi connectivity index (χ1n) is 11.4. The second kappa shape index (κ2) is 9.43. The highest BCUT2D eigenvalue weighted by Crippen LogP contribution is 2.27. The van der Waals surface area contributed by atoms with Gasteiger partial charge in [-0.2, -0.15) is 0 Å². The fraction of sp³-hybridized carbons (Fsp3) is 0.462. The van der Waals surface area contributed by atoms with Crippen molar-refractivity contribution in [2.45, 2.75) is 27.2 Å². The number of quaternary nitrogens is 1. The van der Waals surface area contributed by atoms with Crippen LogP contribution in [0.4, 0.5) is 11.4 Å². The van der Waals surface area contributed by atoms with Crippen LogP contribution in [0.5, 0.6) is 0 Å². The van der Waals surface area contributed by atoms with Crippen LogP contribution in [0.15, 0.2) is 54.6 Å². The normalized spacial score (nSPS) is 19.5. The summed E-state index contributed by atoms with van der Waals surface area (Å²) in [6.45, 7) is 12.1. The van der Waals surface area contributed by atoms with Gasteiger partial charge in [0.25, 0.3) is 5.69 Å². The molecular formula is C26H35N3O2+2. The van der Waals surface area contributed by atoms with E-state index in [1.54, 1.807) is 0 Å². The number of ketones is 1. The number of Topliss-reactive ketones (excluding diaryl/α,β-unsaturated/α-hetero) is 1. The molecule has 31 heavy (non-hydrogen) atoms. The molecule has 2 heterocycles. The maximum Gasteiger partial charge on any atom is 0.352 e. The van der Waals surface area contributed by atoms with Gasteiger partial charge in [-0.25, -0.2) is 4.90 Å². The Balaban J connectivity index is 1.68. The number of para-hydroxylation sites is 2. The molecule has 2 aliphatic heterocycles. The summed E-state index contributed by atoms with van der Waals surface area (Å²) in [5.41, 5.74) is 3.37. The summed E-state index contributed by atoms with van der Waals surface area (Å²) in [6.07, 6.45) is 0.839. The zero-order valence-electron chi connectivity index (χ0n) is 19.1. The molecule has 0 spiro atoms. The van der Waals surface area contributed by atoms with Gasteiger partial charge in [-0.1, -0.05) is 63.2 Å². The highest BCUT2D eigenvalue weighted by Gasteiger charge is 2.44. The van der Waals surface area contributed by atoms with Crippen LogP contribution in [0, 0.1) is 5.41 Å². The fourth-order valence-electron chi connectivity index (χ4n) is 4.35. The lowest BCUT2D eigenvalue weighted by Gasteiger charge is -2.26. The van der Waals surface area contributed by atoms with E-state index in [1.807, 2.05) is 20.8 Å². The lowest BCUT2D eigenvalue weighted by Crippen LogP contribution is -3.10. The minimum atomic E-state index is -0.358. The standard InChI is InChI=1S/C26H34N3O2/c1-26(2,3)24(30)20-29-23-12-8-7-11-22(23)28(14-13-27-15-17-31-18-16-27)25(29)19-21-9-5-4-6-10-21/h4-12H,13-20H2,1-3H3/q+1/p+1. The Morgan fingerprint density at radius 3 is 2.42 bits per heavy atom. The van der Waals surface area contributed by atoms with E-state index in [-0.39, 0.29) is 11.2 Å². The molecule has 5 heteroatoms. The number of carbonyl (C=O) groups excluding carboxylic acids is 1. The Morgan fingerprint density at radius 1 is 1.03 bits per heavy atom. The van der Waals surface area contributed by atoms with E-state index in [4.69, 9.17) is 4.74 Å². The first kappa shape index (κ1) is 21.9. The zero-order chi connectivity index (χ0) is 21.8. The Kier molecular flexibility index (Phi) is 6.65. The lowest BCUT2D eigenvalue weighted by atomic mass is 9.90. The highest BCUT2D eigenvalue weighted by molar-refractivity contribution is 5.87. The first-order valence-corrected chi connectivity index (χ1v) is 11.4. The van der Waals surface area contributed by atoms with Crippen LogP contribution in [0.2, 0.25) is 0 Å². The van der Waals surface area contributed by atoms with Gasteiger partial charge in [0.1, 0.15) is 13.0 Å². The van der Waals surface area contributed by atoms with Gasteiger partial charge >= 0.3 is 5.84 Å². The van der Waals surface area contributed by atoms with Crippen molar-refractivity contribution in [2.24, 2.45) is 5.41 Å². The van der Waals surface area contributed by atoms with Crippen LogP contribution in [0.1, 0.15) is 26.3 Å². The van der Waals surface area contributed by atoms with Crippen molar-refractivity contribution in [3.8, 4) is 0 Å². The van der Waals surface area contributed by atoms with Crippen molar-refractivity contribution in [3.63, 3.8) is 0 Å². The third-order valence-electron chi connectivity index (χ3n) is 6.33. The van der Waals surface area contributed by atoms with E-state index in [2.05, 4.69) is 64.1 Å². The van der Waals surface area contributed by atoms with Gasteiger partial charge in [-0.15, -0.1) is 4.58 Å². The predicted octanol–water partition coefficient (Wildman–Crippen LogP) is 2.45. The summed E-state index contributed by atoms with van der Waals surface area (Å²) in [6, 6.07) is 19.2. The van der Waals surface area contributed by atoms with E-state index in [9.17, 15) is 4.79 Å². The monoisotopic (exact) mass is 421 g/mol. The maximum absolute atomic E-state index is 13.1. The molecule has 5 nitrogen and oxygen atoms in total. The maximum atomic E-state index is 13.1. The van der Waals surface area contributed by atoms with Crippen molar-refractivity contribution < 1.29 is 19.0 Å². The largest absolute Gasteiger partial charge is 0.379 e. The molecule has 1 saturated heterocycles. The van der Waals surface area contributed by atoms with Gasteiger partial charge in [-0.05, 0) is 5.56 Å². The van der Waals surface area contributed by atoms with Crippen LogP contribution in [0.25, 0.3) is 0 Å². The summed E-state index contributed by atoms with van der Waals surface area (Å²) in [5, 5.41) is 0. The molecule has 164 valence electrons. The van der Waals surface area contributed by atoms with E-state index in [1.165, 1.54) is 27.7 Å². The summed E-state index contributed by atoms with van der Waals surface area (Å²) < 4.78 is 7.80. The minimum absolute atomic E-state index is 0.266. The smallest absolute Gasteiger partial charge is 0.352 e. The summed E-state index contributed by atoms with van der Waals surface area (Å²) in [7, 11) is 0. The van der Waals surface area contributed by atoms with Crippen molar-refractivity contribution in [2.75, 3.05) is 45.9 Å². The molecular weight excluding hydrogens is 386 g/mol. The number of hydrogen-bond acceptors (Lipinski definition) is 3. The quantitative estimate of drug-likeness (QED) is 0.698. The van der Waals surface area contributed by atoms with Crippen LogP contribution >= 0.6 is 0 Å². The van der Waals surface area contributed by atoms with E-state index in [0.29, 0.717) is 6.54 Å². The molecule has 1 unspecified atom stereocenters. The van der Waals surface area contributed by atoms with Crippen molar-refractivity contribution in [1.29, 1.82) is 0 Å². The van der Waals surface area contributed by atoms with Gasteiger partial charge in [-0.3, -0.25) is 9.69 Å². The minimum Gasteiger partial charge on any atom is -0.379 e. The predicted molar refractivity (Wildman–Crippen MR) is 124 cm³/mol. The van der Waals surface area contributed by atoms with Crippen LogP contribution < -0.4 is 4.90 Å². The van der Waals surface area contributed by atoms with Gasteiger partial charge in [0, 0.05) is 37.2 Å². The number of hydrogen-bond donors (Lipinski definition) is 1. The topological polar surface area (TPSA) is 37.0 Å². The van der Waals surface area contributed by atoms with Gasteiger partial charge in [0.2, 0.25) is 18.0 Å². The fourth-order valence-corrected chi connectivity index (χ4v) is 4.35. The molecule has 0 aliphatic carbocycles. The van der Waals surface area contributed by atoms with Crippen molar-refractivity contribution in [3.05, 3.63) is 60.2 Å². The molecule has 0 bridgehead atoms. The number of nitrogens with zero attached hydrogens (tertiary/aromatic N) is 2. The average molecular weight is 422 g/mol. The van der Waals surface area contributed by atoms with E-state index in [0.717, 1.165) is 45.8 Å². The second-order valence-electron chi connectivity index (χ2n) is 9.57. The molecule has 2 aromatic rings. The number of amidine groups is 1. The lowest BCUT2D eigenvalue weighted by molar-refractivity contribution is -0.744. The van der Waals surface area contributed by atoms with Gasteiger partial charge < -0.3 is 4.74 Å². The third-order valence-corrected chi connectivity index (χ3v) is 6.33. The first-order chi connectivity index (χ1) is 14.9. The van der Waals surface area contributed by atoms with E-state index < -0.39 is 0 Å². The number of fused-ring (bicyclic) bond motifs is 1. The number of carbonyl (C=O) groups is 1. The molecule has 0 amide bonds. The summed E-state index contributed by atoms with van der Waals surface area (Å²) >= 11 is 0. The Hall–Kier alpha value is -2.34. The van der Waals surface area contributed by atoms with Gasteiger partial charge in [0.05, 0.1) is 13.2 Å². The number of rotatable bonds is 7. The van der Waals surface area contributed by atoms with Crippen molar-refractivity contribution in [1.82, 2.24) is 4.90 Å². The zero-order valence-corrected chi connectivity index (χ0v) is 19.1. The molecule has 1 fully saturated rings. The molecule has 2 aromatic carbocycles. The van der Waals surface area contributed by atoms with Crippen LogP contribution in [0.3, 0.4) is 0 Å². The van der Waals surface area contributed by atoms with Crippen molar-refractivity contribution >= 4 is 23.0 Å². The summed E-state index contributed by atoms with van der Waals surface area (Å²) in [4.78, 5) is 16.9. The Labute approximate surface area is 185 Å². The Bertz CT molecular complexity index is 941. The molecule has 4 rings (SSSR count). The number of benzene rings is 2. The number of ether oxygens (including phenoxy) is 1. The highest BCUT2D eigenvalue weighted by atomic mass is 16.5. The molecule has 0 saturated carbocycles. The molecule has 1 N–H and O–H groups in total. The van der Waals surface area contributed by atoms with Crippen LogP contribution in [-0.2, 0) is 16.0 Å².